The molecule has 0 bridgehead atoms. The molecule has 2 saturated carbocycles. The summed E-state index contributed by atoms with van der Waals surface area (Å²) in [5, 5.41) is 22.3. The van der Waals surface area contributed by atoms with Gasteiger partial charge in [-0.2, -0.15) is 5.26 Å². The summed E-state index contributed by atoms with van der Waals surface area (Å²) in [4.78, 5) is 14.0. The number of hydrogen-bond acceptors (Lipinski definition) is 5. The van der Waals surface area contributed by atoms with Gasteiger partial charge in [0.25, 0.3) is 0 Å². The van der Waals surface area contributed by atoms with E-state index in [0.29, 0.717) is 36.2 Å². The molecule has 190 valence electrons. The first-order valence-electron chi connectivity index (χ1n) is 12.9. The molecule has 3 aliphatic rings. The van der Waals surface area contributed by atoms with Gasteiger partial charge in [-0.25, -0.2) is 4.39 Å². The molecule has 0 aromatic heterocycles. The first kappa shape index (κ1) is 24.9. The first-order chi connectivity index (χ1) is 17.4. The Balaban J connectivity index is 1.19. The van der Waals surface area contributed by atoms with Crippen LogP contribution in [0.25, 0.3) is 0 Å². The predicted molar refractivity (Wildman–Crippen MR) is 134 cm³/mol. The molecule has 1 saturated heterocycles. The Morgan fingerprint density at radius 1 is 1.17 bits per heavy atom. The minimum absolute atomic E-state index is 0.0800. The van der Waals surface area contributed by atoms with E-state index < -0.39 is 17.2 Å². The van der Waals surface area contributed by atoms with Crippen LogP contribution >= 0.6 is 0 Å². The summed E-state index contributed by atoms with van der Waals surface area (Å²) in [5.74, 6) is -0.542. The minimum atomic E-state index is -0.672. The Hall–Kier alpha value is -2.79. The summed E-state index contributed by atoms with van der Waals surface area (Å²) in [5.41, 5.74) is 1.51. The second-order valence-corrected chi connectivity index (χ2v) is 11.0. The summed E-state index contributed by atoms with van der Waals surface area (Å²) in [7, 11) is 0. The molecule has 7 heteroatoms. The van der Waals surface area contributed by atoms with Gasteiger partial charge in [0.1, 0.15) is 5.82 Å². The number of carboxylic acid groups (broad SMARTS) is 1. The van der Waals surface area contributed by atoms with Crippen LogP contribution in [-0.2, 0) is 16.1 Å². The van der Waals surface area contributed by atoms with Gasteiger partial charge in [0.05, 0.1) is 30.3 Å². The second-order valence-electron chi connectivity index (χ2n) is 11.0. The van der Waals surface area contributed by atoms with Crippen molar-refractivity contribution >= 4 is 5.97 Å². The third-order valence-corrected chi connectivity index (χ3v) is 8.36. The van der Waals surface area contributed by atoms with Crippen molar-refractivity contribution < 1.29 is 19.0 Å². The fourth-order valence-corrected chi connectivity index (χ4v) is 5.52. The van der Waals surface area contributed by atoms with Gasteiger partial charge < -0.3 is 20.1 Å². The van der Waals surface area contributed by atoms with Gasteiger partial charge in [-0.1, -0.05) is 36.4 Å². The number of aliphatic carboxylic acids is 1. The highest BCUT2D eigenvalue weighted by Crippen LogP contribution is 2.47. The van der Waals surface area contributed by atoms with E-state index in [2.05, 4.69) is 34.5 Å². The standard InChI is InChI=1S/C29H34FN3O3/c30-25-14-21(16-31)6-7-23(25)17-36-20-28(18-32-26-15-24(26)22-4-2-1-3-5-22)10-12-33(13-11-28)19-29(8-9-29)27(34)35/h1-7,14,24,26,32H,8-13,15,17-20H2,(H,34,35)/t24?,26-/m1/s1. The minimum Gasteiger partial charge on any atom is -0.481 e. The molecule has 1 heterocycles. The number of rotatable bonds is 11. The summed E-state index contributed by atoms with van der Waals surface area (Å²) in [6.07, 6.45) is 4.49. The number of hydrogen-bond donors (Lipinski definition) is 2. The molecule has 1 aliphatic heterocycles. The second kappa shape index (κ2) is 10.3. The van der Waals surface area contributed by atoms with Crippen LogP contribution in [0.1, 0.15) is 54.7 Å². The molecule has 36 heavy (non-hydrogen) atoms. The van der Waals surface area contributed by atoms with Crippen molar-refractivity contribution in [3.05, 3.63) is 71.0 Å². The maximum atomic E-state index is 14.3. The van der Waals surface area contributed by atoms with E-state index in [0.717, 1.165) is 51.7 Å². The molecule has 2 aromatic rings. The fraction of sp³-hybridized carbons (Fsp3) is 0.517. The molecule has 1 unspecified atom stereocenters. The van der Waals surface area contributed by atoms with E-state index in [1.54, 1.807) is 12.1 Å². The van der Waals surface area contributed by atoms with Gasteiger partial charge in [-0.15, -0.1) is 0 Å². The van der Waals surface area contributed by atoms with Crippen molar-refractivity contribution in [2.45, 2.75) is 50.7 Å². The highest BCUT2D eigenvalue weighted by molar-refractivity contribution is 5.78. The van der Waals surface area contributed by atoms with Crippen LogP contribution < -0.4 is 5.32 Å². The quantitative estimate of drug-likeness (QED) is 0.487. The third kappa shape index (κ3) is 5.62. The molecule has 2 N–H and O–H groups in total. The maximum absolute atomic E-state index is 14.3. The summed E-state index contributed by atoms with van der Waals surface area (Å²) < 4.78 is 20.4. The van der Waals surface area contributed by atoms with E-state index in [1.165, 1.54) is 11.6 Å². The molecule has 0 amide bonds. The molecule has 2 atom stereocenters. The molecule has 6 nitrogen and oxygen atoms in total. The molecule has 5 rings (SSSR count). The van der Waals surface area contributed by atoms with Crippen LogP contribution in [0.2, 0.25) is 0 Å². The fourth-order valence-electron chi connectivity index (χ4n) is 5.52. The lowest BCUT2D eigenvalue weighted by atomic mass is 9.78. The van der Waals surface area contributed by atoms with Gasteiger partial charge in [-0.05, 0) is 62.9 Å². The van der Waals surface area contributed by atoms with E-state index in [-0.39, 0.29) is 12.0 Å². The number of likely N-dealkylation sites (tertiary alicyclic amines) is 1. The van der Waals surface area contributed by atoms with Gasteiger partial charge >= 0.3 is 5.97 Å². The van der Waals surface area contributed by atoms with Crippen molar-refractivity contribution in [3.63, 3.8) is 0 Å². The number of benzene rings is 2. The highest BCUT2D eigenvalue weighted by atomic mass is 19.1. The van der Waals surface area contributed by atoms with E-state index in [9.17, 15) is 14.3 Å². The lowest BCUT2D eigenvalue weighted by molar-refractivity contribution is -0.144. The summed E-state index contributed by atoms with van der Waals surface area (Å²) in [6.45, 7) is 3.83. The van der Waals surface area contributed by atoms with Crippen molar-refractivity contribution in [3.8, 4) is 6.07 Å². The normalized spacial score (nSPS) is 24.1. The van der Waals surface area contributed by atoms with Crippen molar-refractivity contribution in [1.29, 1.82) is 5.26 Å². The van der Waals surface area contributed by atoms with Crippen LogP contribution in [0.5, 0.6) is 0 Å². The molecule has 0 spiro atoms. The molecular weight excluding hydrogens is 457 g/mol. The Morgan fingerprint density at radius 2 is 1.92 bits per heavy atom. The topological polar surface area (TPSA) is 85.6 Å². The van der Waals surface area contributed by atoms with Gasteiger partial charge in [-0.3, -0.25) is 4.79 Å². The number of carboxylic acids is 1. The van der Waals surface area contributed by atoms with Gasteiger partial charge in [0.15, 0.2) is 0 Å². The zero-order chi connectivity index (χ0) is 25.2. The first-order valence-corrected chi connectivity index (χ1v) is 12.9. The van der Waals surface area contributed by atoms with E-state index in [1.807, 2.05) is 12.1 Å². The summed E-state index contributed by atoms with van der Waals surface area (Å²) in [6, 6.07) is 17.5. The Morgan fingerprint density at radius 3 is 2.56 bits per heavy atom. The van der Waals surface area contributed by atoms with Gasteiger partial charge in [0, 0.05) is 36.0 Å². The number of carbonyl (C=O) groups is 1. The molecule has 2 aliphatic carbocycles. The lowest BCUT2D eigenvalue weighted by Crippen LogP contribution is -2.49. The molecule has 2 aromatic carbocycles. The number of nitriles is 1. The zero-order valence-electron chi connectivity index (χ0n) is 20.6. The Bertz CT molecular complexity index is 1120. The lowest BCUT2D eigenvalue weighted by Gasteiger charge is -2.42. The number of nitrogens with one attached hydrogen (secondary N) is 1. The predicted octanol–water partition coefficient (Wildman–Crippen LogP) is 4.31. The zero-order valence-corrected chi connectivity index (χ0v) is 20.6. The largest absolute Gasteiger partial charge is 0.481 e. The van der Waals surface area contributed by atoms with Crippen molar-refractivity contribution in [2.75, 3.05) is 32.8 Å². The number of nitrogens with zero attached hydrogens (tertiary/aromatic N) is 2. The Kier molecular flexibility index (Phi) is 7.11. The van der Waals surface area contributed by atoms with Crippen LogP contribution in [0.15, 0.2) is 48.5 Å². The average molecular weight is 492 g/mol. The average Bonchev–Trinajstić information content (AvgIpc) is 3.82. The van der Waals surface area contributed by atoms with Crippen LogP contribution in [0.4, 0.5) is 4.39 Å². The smallest absolute Gasteiger partial charge is 0.310 e. The molecular formula is C29H34FN3O3. The van der Waals surface area contributed by atoms with Crippen LogP contribution in [0, 0.1) is 28.0 Å². The highest BCUT2D eigenvalue weighted by Gasteiger charge is 2.52. The van der Waals surface area contributed by atoms with E-state index >= 15 is 0 Å². The Labute approximate surface area is 212 Å². The number of ether oxygens (including phenoxy) is 1. The SMILES string of the molecule is N#Cc1ccc(COCC2(CN[C@@H]3CC3c3ccccc3)CCN(CC3(C(=O)O)CC3)CC2)c(F)c1. The van der Waals surface area contributed by atoms with Crippen molar-refractivity contribution in [2.24, 2.45) is 10.8 Å². The van der Waals surface area contributed by atoms with Crippen LogP contribution in [0.3, 0.4) is 0 Å². The molecule has 3 fully saturated rings. The number of halogens is 1. The molecule has 0 radical (unpaired) electrons. The third-order valence-electron chi connectivity index (χ3n) is 8.36. The van der Waals surface area contributed by atoms with Crippen LogP contribution in [-0.4, -0.2) is 54.8 Å². The summed E-state index contributed by atoms with van der Waals surface area (Å²) >= 11 is 0. The van der Waals surface area contributed by atoms with E-state index in [4.69, 9.17) is 10.00 Å². The maximum Gasteiger partial charge on any atom is 0.310 e. The van der Waals surface area contributed by atoms with Crippen molar-refractivity contribution in [1.82, 2.24) is 10.2 Å². The van der Waals surface area contributed by atoms with Gasteiger partial charge in [0.2, 0.25) is 0 Å². The number of piperidine rings is 1. The monoisotopic (exact) mass is 491 g/mol.